The van der Waals surface area contributed by atoms with E-state index in [9.17, 15) is 18.0 Å². The first-order chi connectivity index (χ1) is 9.38. The van der Waals surface area contributed by atoms with Crippen LogP contribution in [0, 0.1) is 17.5 Å². The Hall–Kier alpha value is -2.02. The summed E-state index contributed by atoms with van der Waals surface area (Å²) in [6.45, 7) is 0. The van der Waals surface area contributed by atoms with Crippen molar-refractivity contribution >= 4 is 33.2 Å². The summed E-state index contributed by atoms with van der Waals surface area (Å²) in [7, 11) is 0. The van der Waals surface area contributed by atoms with Crippen LogP contribution < -0.4 is 11.1 Å². The molecular formula is C13H8BrF3N2O. The molecule has 2 aromatic rings. The predicted molar refractivity (Wildman–Crippen MR) is 72.8 cm³/mol. The highest BCUT2D eigenvalue weighted by Gasteiger charge is 2.15. The predicted octanol–water partition coefficient (Wildman–Crippen LogP) is 3.70. The first-order valence-corrected chi connectivity index (χ1v) is 6.18. The van der Waals surface area contributed by atoms with Crippen molar-refractivity contribution in [1.29, 1.82) is 0 Å². The molecule has 20 heavy (non-hydrogen) atoms. The second kappa shape index (κ2) is 5.54. The molecule has 0 aliphatic heterocycles. The summed E-state index contributed by atoms with van der Waals surface area (Å²) in [5, 5.41) is 2.39. The molecule has 2 aromatic carbocycles. The molecule has 104 valence electrons. The summed E-state index contributed by atoms with van der Waals surface area (Å²) in [5.74, 6) is -5.28. The van der Waals surface area contributed by atoms with Crippen LogP contribution in [-0.4, -0.2) is 5.91 Å². The van der Waals surface area contributed by atoms with Crippen LogP contribution >= 0.6 is 15.9 Å². The molecule has 0 saturated carbocycles. The third kappa shape index (κ3) is 2.93. The Morgan fingerprint density at radius 2 is 1.70 bits per heavy atom. The van der Waals surface area contributed by atoms with Crippen molar-refractivity contribution < 1.29 is 18.0 Å². The second-order valence-corrected chi connectivity index (χ2v) is 4.86. The van der Waals surface area contributed by atoms with Gasteiger partial charge >= 0.3 is 0 Å². The normalized spacial score (nSPS) is 10.4. The van der Waals surface area contributed by atoms with Gasteiger partial charge in [0, 0.05) is 10.0 Å². The van der Waals surface area contributed by atoms with Gasteiger partial charge in [0.25, 0.3) is 5.91 Å². The molecule has 3 nitrogen and oxygen atoms in total. The number of anilines is 2. The zero-order valence-electron chi connectivity index (χ0n) is 9.88. The van der Waals surface area contributed by atoms with E-state index in [1.54, 1.807) is 12.1 Å². The zero-order chi connectivity index (χ0) is 14.9. The molecule has 0 saturated heterocycles. The lowest BCUT2D eigenvalue weighted by atomic mass is 10.2. The summed E-state index contributed by atoms with van der Waals surface area (Å²) in [6, 6.07) is 5.94. The van der Waals surface area contributed by atoms with Gasteiger partial charge in [-0.2, -0.15) is 0 Å². The van der Waals surface area contributed by atoms with Crippen molar-refractivity contribution in [2.24, 2.45) is 0 Å². The summed E-state index contributed by atoms with van der Waals surface area (Å²) < 4.78 is 39.6. The zero-order valence-corrected chi connectivity index (χ0v) is 11.5. The first kappa shape index (κ1) is 14.4. The van der Waals surface area contributed by atoms with E-state index in [2.05, 4.69) is 21.2 Å². The molecule has 0 bridgehead atoms. The second-order valence-electron chi connectivity index (χ2n) is 3.94. The van der Waals surface area contributed by atoms with Gasteiger partial charge in [-0.1, -0.05) is 15.9 Å². The largest absolute Gasteiger partial charge is 0.397 e. The fourth-order valence-electron chi connectivity index (χ4n) is 1.53. The van der Waals surface area contributed by atoms with Crippen LogP contribution in [0.5, 0.6) is 0 Å². The van der Waals surface area contributed by atoms with Gasteiger partial charge in [0.15, 0.2) is 17.5 Å². The Morgan fingerprint density at radius 1 is 1.10 bits per heavy atom. The van der Waals surface area contributed by atoms with E-state index >= 15 is 0 Å². The smallest absolute Gasteiger partial charge is 0.255 e. The van der Waals surface area contributed by atoms with Crippen LogP contribution in [0.25, 0.3) is 0 Å². The highest BCUT2D eigenvalue weighted by molar-refractivity contribution is 9.10. The maximum atomic E-state index is 13.0. The van der Waals surface area contributed by atoms with Crippen LogP contribution in [0.15, 0.2) is 34.8 Å². The van der Waals surface area contributed by atoms with Crippen LogP contribution in [0.1, 0.15) is 10.4 Å². The molecule has 0 aromatic heterocycles. The standard InChI is InChI=1S/C13H8BrF3N2O/c14-7-1-2-11(10(18)5-7)19-13(20)6-3-8(15)12(17)9(16)4-6/h1-5H,18H2,(H,19,20). The van der Waals surface area contributed by atoms with E-state index < -0.39 is 23.4 Å². The third-order valence-electron chi connectivity index (χ3n) is 2.51. The minimum Gasteiger partial charge on any atom is -0.397 e. The van der Waals surface area contributed by atoms with Crippen molar-refractivity contribution in [1.82, 2.24) is 0 Å². The maximum Gasteiger partial charge on any atom is 0.255 e. The molecule has 0 radical (unpaired) electrons. The SMILES string of the molecule is Nc1cc(Br)ccc1NC(=O)c1cc(F)c(F)c(F)c1. The number of carbonyl (C=O) groups excluding carboxylic acids is 1. The number of halogens is 4. The highest BCUT2D eigenvalue weighted by atomic mass is 79.9. The number of nitrogens with one attached hydrogen (secondary N) is 1. The number of amides is 1. The number of rotatable bonds is 2. The van der Waals surface area contributed by atoms with Crippen LogP contribution in [-0.2, 0) is 0 Å². The van der Waals surface area contributed by atoms with E-state index in [0.29, 0.717) is 16.6 Å². The first-order valence-electron chi connectivity index (χ1n) is 5.39. The Morgan fingerprint density at radius 3 is 2.25 bits per heavy atom. The van der Waals surface area contributed by atoms with Gasteiger partial charge in [0.05, 0.1) is 11.4 Å². The van der Waals surface area contributed by atoms with Crippen LogP contribution in [0.4, 0.5) is 24.5 Å². The van der Waals surface area contributed by atoms with Crippen molar-refractivity contribution in [3.05, 3.63) is 57.8 Å². The number of nitrogen functional groups attached to an aromatic ring is 1. The number of benzene rings is 2. The molecule has 0 fully saturated rings. The van der Waals surface area contributed by atoms with Gasteiger partial charge in [0.2, 0.25) is 0 Å². The van der Waals surface area contributed by atoms with E-state index in [0.717, 1.165) is 0 Å². The van der Waals surface area contributed by atoms with Gasteiger partial charge in [-0.05, 0) is 30.3 Å². The lowest BCUT2D eigenvalue weighted by molar-refractivity contribution is 0.102. The Bertz CT molecular complexity index is 668. The van der Waals surface area contributed by atoms with Crippen LogP contribution in [0.2, 0.25) is 0 Å². The molecule has 0 spiro atoms. The molecule has 0 atom stereocenters. The van der Waals surface area contributed by atoms with Crippen molar-refractivity contribution in [2.75, 3.05) is 11.1 Å². The fraction of sp³-hybridized carbons (Fsp3) is 0. The molecule has 7 heteroatoms. The van der Waals surface area contributed by atoms with E-state index in [1.807, 2.05) is 0 Å². The minimum atomic E-state index is -1.62. The number of nitrogens with two attached hydrogens (primary N) is 1. The molecule has 0 aliphatic rings. The molecule has 2 rings (SSSR count). The number of carbonyl (C=O) groups is 1. The lowest BCUT2D eigenvalue weighted by Gasteiger charge is -2.09. The minimum absolute atomic E-state index is 0.274. The highest BCUT2D eigenvalue weighted by Crippen LogP contribution is 2.24. The molecule has 0 aliphatic carbocycles. The van der Waals surface area contributed by atoms with Gasteiger partial charge in [-0.15, -0.1) is 0 Å². The van der Waals surface area contributed by atoms with Gasteiger partial charge < -0.3 is 11.1 Å². The summed E-state index contributed by atoms with van der Waals surface area (Å²) in [4.78, 5) is 11.8. The van der Waals surface area contributed by atoms with Crippen molar-refractivity contribution in [3.63, 3.8) is 0 Å². The molecule has 0 heterocycles. The summed E-state index contributed by atoms with van der Waals surface area (Å²) in [5.41, 5.74) is 5.89. The van der Waals surface area contributed by atoms with Gasteiger partial charge in [-0.3, -0.25) is 4.79 Å². The van der Waals surface area contributed by atoms with Crippen LogP contribution in [0.3, 0.4) is 0 Å². The van der Waals surface area contributed by atoms with Crippen molar-refractivity contribution in [2.45, 2.75) is 0 Å². The monoisotopic (exact) mass is 344 g/mol. The van der Waals surface area contributed by atoms with E-state index in [-0.39, 0.29) is 16.9 Å². The third-order valence-corrected chi connectivity index (χ3v) is 3.00. The lowest BCUT2D eigenvalue weighted by Crippen LogP contribution is -2.14. The van der Waals surface area contributed by atoms with Gasteiger partial charge in [-0.25, -0.2) is 13.2 Å². The molecule has 3 N–H and O–H groups in total. The Kier molecular flexibility index (Phi) is 3.99. The van der Waals surface area contributed by atoms with E-state index in [4.69, 9.17) is 5.73 Å². The number of hydrogen-bond donors (Lipinski definition) is 2. The van der Waals surface area contributed by atoms with E-state index in [1.165, 1.54) is 6.07 Å². The fourth-order valence-corrected chi connectivity index (χ4v) is 1.91. The van der Waals surface area contributed by atoms with Crippen molar-refractivity contribution in [3.8, 4) is 0 Å². The average molecular weight is 345 g/mol. The number of hydrogen-bond acceptors (Lipinski definition) is 2. The average Bonchev–Trinajstić information content (AvgIpc) is 2.38. The summed E-state index contributed by atoms with van der Waals surface area (Å²) >= 11 is 3.20. The van der Waals surface area contributed by atoms with Gasteiger partial charge in [0.1, 0.15) is 0 Å². The maximum absolute atomic E-state index is 13.0. The molecule has 0 unspecified atom stereocenters. The quantitative estimate of drug-likeness (QED) is 0.644. The Labute approximate surface area is 120 Å². The Balaban J connectivity index is 2.28. The summed E-state index contributed by atoms with van der Waals surface area (Å²) in [6.07, 6.45) is 0. The molecular weight excluding hydrogens is 337 g/mol. The molecule has 1 amide bonds. The topological polar surface area (TPSA) is 55.1 Å².